The van der Waals surface area contributed by atoms with Gasteiger partial charge in [-0.05, 0) is 30.7 Å². The summed E-state index contributed by atoms with van der Waals surface area (Å²) in [5.41, 5.74) is -0.171. The molecule has 1 aliphatic carbocycles. The molecule has 0 N–H and O–H groups in total. The van der Waals surface area contributed by atoms with Crippen LogP contribution in [-0.4, -0.2) is 11.6 Å². The second-order valence-electron chi connectivity index (χ2n) is 4.80. The van der Waals surface area contributed by atoms with E-state index >= 15 is 0 Å². The molecule has 0 radical (unpaired) electrons. The van der Waals surface area contributed by atoms with E-state index in [9.17, 15) is 13.2 Å². The zero-order valence-corrected chi connectivity index (χ0v) is 10.4. The molecule has 0 aliphatic heterocycles. The Morgan fingerprint density at radius 2 is 2.06 bits per heavy atom. The molecule has 2 rings (SSSR count). The number of aryl methyl sites for hydroxylation is 1. The number of aromatic nitrogens is 1. The lowest BCUT2D eigenvalue weighted by molar-refractivity contribution is -0.141. The van der Waals surface area contributed by atoms with Gasteiger partial charge in [-0.25, -0.2) is 4.98 Å². The fourth-order valence-electron chi connectivity index (χ4n) is 1.84. The van der Waals surface area contributed by atoms with Crippen molar-refractivity contribution in [2.75, 3.05) is 6.61 Å². The van der Waals surface area contributed by atoms with Crippen molar-refractivity contribution in [1.29, 1.82) is 0 Å². The van der Waals surface area contributed by atoms with Gasteiger partial charge in [0, 0.05) is 5.56 Å². The molecule has 1 aliphatic rings. The van der Waals surface area contributed by atoms with E-state index in [4.69, 9.17) is 4.74 Å². The number of halogens is 3. The van der Waals surface area contributed by atoms with Crippen LogP contribution in [0.4, 0.5) is 13.2 Å². The molecule has 1 fully saturated rings. The normalized spacial score (nSPS) is 22.9. The summed E-state index contributed by atoms with van der Waals surface area (Å²) in [6.45, 7) is 4.44. The van der Waals surface area contributed by atoms with Gasteiger partial charge in [0.05, 0.1) is 6.61 Å². The van der Waals surface area contributed by atoms with E-state index in [-0.39, 0.29) is 5.88 Å². The Bertz CT molecular complexity index is 431. The fraction of sp³-hybridized carbons (Fsp3) is 0.615. The van der Waals surface area contributed by atoms with Crippen LogP contribution in [0.15, 0.2) is 12.1 Å². The molecular weight excluding hydrogens is 243 g/mol. The van der Waals surface area contributed by atoms with Crippen LogP contribution in [0.3, 0.4) is 0 Å². The number of alkyl halides is 3. The van der Waals surface area contributed by atoms with E-state index < -0.39 is 11.9 Å². The van der Waals surface area contributed by atoms with Crippen molar-refractivity contribution < 1.29 is 17.9 Å². The highest BCUT2D eigenvalue weighted by Crippen LogP contribution is 2.38. The number of nitrogens with zero attached hydrogens (tertiary/aromatic N) is 1. The molecule has 0 saturated heterocycles. The van der Waals surface area contributed by atoms with Gasteiger partial charge < -0.3 is 4.74 Å². The zero-order chi connectivity index (χ0) is 13.3. The summed E-state index contributed by atoms with van der Waals surface area (Å²) in [5, 5.41) is 0. The van der Waals surface area contributed by atoms with Gasteiger partial charge in [0.2, 0.25) is 5.88 Å². The maximum absolute atomic E-state index is 12.6. The monoisotopic (exact) mass is 259 g/mol. The average molecular weight is 259 g/mol. The molecule has 100 valence electrons. The molecule has 2 atom stereocenters. The summed E-state index contributed by atoms with van der Waals surface area (Å²) in [6, 6.07) is 2.45. The SMILES string of the molecule is CCc1ccc(C(F)(F)F)nc1OCC1CC1C. The molecule has 0 spiro atoms. The molecule has 2 unspecified atom stereocenters. The molecule has 1 heterocycles. The lowest BCUT2D eigenvalue weighted by atomic mass is 10.2. The first-order valence-corrected chi connectivity index (χ1v) is 6.11. The topological polar surface area (TPSA) is 22.1 Å². The van der Waals surface area contributed by atoms with Crippen molar-refractivity contribution in [2.24, 2.45) is 11.8 Å². The van der Waals surface area contributed by atoms with Gasteiger partial charge in [0.25, 0.3) is 0 Å². The molecular formula is C13H16F3NO. The first kappa shape index (κ1) is 13.2. The molecule has 0 aromatic carbocycles. The van der Waals surface area contributed by atoms with Gasteiger partial charge in [-0.15, -0.1) is 0 Å². The van der Waals surface area contributed by atoms with Crippen molar-refractivity contribution in [1.82, 2.24) is 4.98 Å². The van der Waals surface area contributed by atoms with Crippen LogP contribution >= 0.6 is 0 Å². The summed E-state index contributed by atoms with van der Waals surface area (Å²) in [6.07, 6.45) is -2.72. The average Bonchev–Trinajstić information content (AvgIpc) is 3.01. The number of hydrogen-bond acceptors (Lipinski definition) is 2. The van der Waals surface area contributed by atoms with Crippen LogP contribution in [0.25, 0.3) is 0 Å². The zero-order valence-electron chi connectivity index (χ0n) is 10.4. The molecule has 2 nitrogen and oxygen atoms in total. The number of hydrogen-bond donors (Lipinski definition) is 0. The molecule has 5 heteroatoms. The van der Waals surface area contributed by atoms with Crippen molar-refractivity contribution in [3.8, 4) is 5.88 Å². The van der Waals surface area contributed by atoms with Crippen molar-refractivity contribution in [3.63, 3.8) is 0 Å². The Kier molecular flexibility index (Phi) is 3.50. The van der Waals surface area contributed by atoms with Crippen LogP contribution < -0.4 is 4.74 Å². The first-order valence-electron chi connectivity index (χ1n) is 6.11. The highest BCUT2D eigenvalue weighted by atomic mass is 19.4. The second kappa shape index (κ2) is 4.78. The largest absolute Gasteiger partial charge is 0.477 e. The van der Waals surface area contributed by atoms with E-state index in [0.717, 1.165) is 18.1 Å². The third-order valence-corrected chi connectivity index (χ3v) is 3.32. The predicted octanol–water partition coefficient (Wildman–Crippen LogP) is 3.70. The maximum Gasteiger partial charge on any atom is 0.433 e. The third kappa shape index (κ3) is 2.94. The molecule has 18 heavy (non-hydrogen) atoms. The van der Waals surface area contributed by atoms with Crippen LogP contribution in [0, 0.1) is 11.8 Å². The second-order valence-corrected chi connectivity index (χ2v) is 4.80. The van der Waals surface area contributed by atoms with Gasteiger partial charge in [-0.3, -0.25) is 0 Å². The van der Waals surface area contributed by atoms with Gasteiger partial charge in [0.15, 0.2) is 0 Å². The van der Waals surface area contributed by atoms with Crippen molar-refractivity contribution in [3.05, 3.63) is 23.4 Å². The van der Waals surface area contributed by atoms with E-state index in [1.807, 2.05) is 6.92 Å². The summed E-state index contributed by atoms with van der Waals surface area (Å²) < 4.78 is 43.1. The highest BCUT2D eigenvalue weighted by Gasteiger charge is 2.35. The Balaban J connectivity index is 2.14. The predicted molar refractivity (Wildman–Crippen MR) is 61.4 cm³/mol. The van der Waals surface area contributed by atoms with Crippen LogP contribution in [0.5, 0.6) is 5.88 Å². The lowest BCUT2D eigenvalue weighted by Gasteiger charge is -2.12. The van der Waals surface area contributed by atoms with Crippen molar-refractivity contribution >= 4 is 0 Å². The Hall–Kier alpha value is -1.26. The Labute approximate surface area is 104 Å². The lowest BCUT2D eigenvalue weighted by Crippen LogP contribution is -2.11. The van der Waals surface area contributed by atoms with Crippen LogP contribution in [0.2, 0.25) is 0 Å². The molecule has 1 saturated carbocycles. The summed E-state index contributed by atoms with van der Waals surface area (Å²) in [4.78, 5) is 3.59. The van der Waals surface area contributed by atoms with Crippen LogP contribution in [-0.2, 0) is 12.6 Å². The number of ether oxygens (including phenoxy) is 1. The Morgan fingerprint density at radius 3 is 2.56 bits per heavy atom. The number of pyridine rings is 1. The molecule has 1 aromatic heterocycles. The maximum atomic E-state index is 12.6. The van der Waals surface area contributed by atoms with Crippen LogP contribution in [0.1, 0.15) is 31.5 Å². The van der Waals surface area contributed by atoms with E-state index in [1.54, 1.807) is 0 Å². The smallest absolute Gasteiger partial charge is 0.433 e. The quantitative estimate of drug-likeness (QED) is 0.822. The van der Waals surface area contributed by atoms with E-state index in [2.05, 4.69) is 11.9 Å². The molecule has 1 aromatic rings. The molecule has 0 amide bonds. The van der Waals surface area contributed by atoms with Crippen molar-refractivity contribution in [2.45, 2.75) is 32.9 Å². The minimum absolute atomic E-state index is 0.131. The highest BCUT2D eigenvalue weighted by molar-refractivity contribution is 5.29. The third-order valence-electron chi connectivity index (χ3n) is 3.32. The van der Waals surface area contributed by atoms with E-state index in [1.165, 1.54) is 6.07 Å². The minimum Gasteiger partial charge on any atom is -0.477 e. The van der Waals surface area contributed by atoms with Gasteiger partial charge >= 0.3 is 6.18 Å². The standard InChI is InChI=1S/C13H16F3NO/c1-3-9-4-5-11(13(14,15)16)17-12(9)18-7-10-6-8(10)2/h4-5,8,10H,3,6-7H2,1-2H3. The first-order chi connectivity index (χ1) is 8.41. The summed E-state index contributed by atoms with van der Waals surface area (Å²) in [7, 11) is 0. The van der Waals surface area contributed by atoms with Gasteiger partial charge in [-0.1, -0.05) is 19.9 Å². The Morgan fingerprint density at radius 1 is 1.39 bits per heavy atom. The fourth-order valence-corrected chi connectivity index (χ4v) is 1.84. The molecule has 0 bridgehead atoms. The van der Waals surface area contributed by atoms with Gasteiger partial charge in [0.1, 0.15) is 5.69 Å². The minimum atomic E-state index is -4.42. The summed E-state index contributed by atoms with van der Waals surface area (Å²) in [5.74, 6) is 1.21. The summed E-state index contributed by atoms with van der Waals surface area (Å²) >= 11 is 0. The number of rotatable bonds is 4. The van der Waals surface area contributed by atoms with E-state index in [0.29, 0.717) is 24.9 Å². The van der Waals surface area contributed by atoms with Gasteiger partial charge in [-0.2, -0.15) is 13.2 Å².